The van der Waals surface area contributed by atoms with Crippen LogP contribution in [0.4, 0.5) is 28.4 Å². The maximum atomic E-state index is 2.38. The molecule has 0 aliphatic heterocycles. The van der Waals surface area contributed by atoms with Crippen LogP contribution in [0.15, 0.2) is 200 Å². The van der Waals surface area contributed by atoms with Gasteiger partial charge in [0.15, 0.2) is 0 Å². The number of rotatable bonds is 7. The largest absolute Gasteiger partial charge is 0.344 e. The molecule has 0 aliphatic rings. The number of hydrogen-bond donors (Lipinski definition) is 0. The minimum atomic E-state index is 1.11. The minimum absolute atomic E-state index is 1.11. The van der Waals surface area contributed by atoms with E-state index < -0.39 is 0 Å². The number of hydrogen-bond acceptors (Lipinski definition) is 2. The third-order valence-corrected chi connectivity index (χ3v) is 10.0. The highest BCUT2D eigenvalue weighted by atomic mass is 15.1. The summed E-state index contributed by atoms with van der Waals surface area (Å²) in [6.07, 6.45) is 0. The summed E-state index contributed by atoms with van der Waals surface area (Å²) in [5.41, 5.74) is 10.5. The van der Waals surface area contributed by atoms with Gasteiger partial charge in [-0.05, 0) is 86.9 Å². The van der Waals surface area contributed by atoms with E-state index in [-0.39, 0.29) is 0 Å². The molecule has 0 bridgehead atoms. The fourth-order valence-electron chi connectivity index (χ4n) is 7.45. The molecule has 0 unspecified atom stereocenters. The van der Waals surface area contributed by atoms with E-state index >= 15 is 0 Å². The van der Waals surface area contributed by atoms with E-state index in [9.17, 15) is 0 Å². The summed E-state index contributed by atoms with van der Waals surface area (Å²) < 4.78 is 0. The van der Waals surface area contributed by atoms with Crippen LogP contribution in [0.25, 0.3) is 54.6 Å². The van der Waals surface area contributed by atoms with Crippen LogP contribution in [0.2, 0.25) is 0 Å². The van der Waals surface area contributed by atoms with Gasteiger partial charge in [-0.1, -0.05) is 152 Å². The summed E-state index contributed by atoms with van der Waals surface area (Å²) in [5.74, 6) is 0. The van der Waals surface area contributed by atoms with Gasteiger partial charge in [-0.2, -0.15) is 0 Å². The second-order valence-corrected chi connectivity index (χ2v) is 13.1. The van der Waals surface area contributed by atoms with Crippen LogP contribution in [-0.4, -0.2) is 7.05 Å². The van der Waals surface area contributed by atoms with Crippen molar-refractivity contribution in [3.05, 3.63) is 200 Å². The molecule has 2 nitrogen and oxygen atoms in total. The normalized spacial score (nSPS) is 11.2. The average molecular weight is 653 g/mol. The predicted octanol–water partition coefficient (Wildman–Crippen LogP) is 13.7. The smallest absolute Gasteiger partial charge is 0.0567 e. The molecule has 51 heavy (non-hydrogen) atoms. The Labute approximate surface area is 299 Å². The molecule has 9 aromatic rings. The molecule has 0 spiro atoms. The van der Waals surface area contributed by atoms with Crippen LogP contribution in [0.3, 0.4) is 0 Å². The summed E-state index contributed by atoms with van der Waals surface area (Å²) in [5, 5.41) is 7.44. The molecule has 0 heterocycles. The van der Waals surface area contributed by atoms with E-state index in [1.807, 2.05) is 0 Å². The molecule has 0 saturated carbocycles. The van der Waals surface area contributed by atoms with Crippen molar-refractivity contribution in [2.45, 2.75) is 0 Å². The first-order chi connectivity index (χ1) is 25.2. The van der Waals surface area contributed by atoms with Crippen molar-refractivity contribution in [1.29, 1.82) is 0 Å². The Balaban J connectivity index is 1.08. The van der Waals surface area contributed by atoms with Crippen molar-refractivity contribution in [2.75, 3.05) is 16.8 Å². The molecule has 242 valence electrons. The first kappa shape index (κ1) is 30.4. The van der Waals surface area contributed by atoms with E-state index in [0.717, 1.165) is 22.7 Å². The van der Waals surface area contributed by atoms with Gasteiger partial charge in [-0.15, -0.1) is 0 Å². The van der Waals surface area contributed by atoms with Gasteiger partial charge in [0.2, 0.25) is 0 Å². The highest BCUT2D eigenvalue weighted by Crippen LogP contribution is 2.42. The Bertz CT molecular complexity index is 2580. The van der Waals surface area contributed by atoms with Crippen LogP contribution in [0.1, 0.15) is 0 Å². The summed E-state index contributed by atoms with van der Waals surface area (Å²) in [6, 6.07) is 72.2. The number of nitrogens with zero attached hydrogens (tertiary/aromatic N) is 2. The number of benzene rings is 9. The molecule has 0 amide bonds. The summed E-state index contributed by atoms with van der Waals surface area (Å²) in [6.45, 7) is 0. The second kappa shape index (κ2) is 13.0. The average Bonchev–Trinajstić information content (AvgIpc) is 3.21. The van der Waals surface area contributed by atoms with Crippen molar-refractivity contribution < 1.29 is 0 Å². The topological polar surface area (TPSA) is 6.48 Å². The first-order valence-electron chi connectivity index (χ1n) is 17.5. The molecule has 0 atom stereocenters. The summed E-state index contributed by atoms with van der Waals surface area (Å²) >= 11 is 0. The standard InChI is InChI=1S/C49H36N2/c1-50(49-46-22-9-6-16-40(46)33-41-17-7-10-23-47(41)49)42-29-25-36(26-30-42)37-27-31-43(32-28-37)51(48-24-12-18-38-15-5-8-21-45(38)48)44-20-11-19-39(34-44)35-13-3-2-4-14-35/h2-34H,1H3. The zero-order chi connectivity index (χ0) is 34.1. The fourth-order valence-corrected chi connectivity index (χ4v) is 7.45. The van der Waals surface area contributed by atoms with E-state index in [4.69, 9.17) is 0 Å². The first-order valence-corrected chi connectivity index (χ1v) is 17.5. The minimum Gasteiger partial charge on any atom is -0.344 e. The number of anilines is 5. The zero-order valence-electron chi connectivity index (χ0n) is 28.4. The highest BCUT2D eigenvalue weighted by molar-refractivity contribution is 6.12. The lowest BCUT2D eigenvalue weighted by molar-refractivity contribution is 1.23. The Morgan fingerprint density at radius 2 is 0.804 bits per heavy atom. The van der Waals surface area contributed by atoms with Crippen LogP contribution < -0.4 is 9.80 Å². The van der Waals surface area contributed by atoms with E-state index in [1.165, 1.54) is 60.3 Å². The van der Waals surface area contributed by atoms with Gasteiger partial charge in [-0.3, -0.25) is 0 Å². The Hall–Kier alpha value is -6.64. The van der Waals surface area contributed by atoms with Crippen molar-refractivity contribution in [3.63, 3.8) is 0 Å². The molecule has 0 fully saturated rings. The van der Waals surface area contributed by atoms with Crippen molar-refractivity contribution >= 4 is 60.8 Å². The Morgan fingerprint density at radius 3 is 1.47 bits per heavy atom. The molecule has 9 aromatic carbocycles. The van der Waals surface area contributed by atoms with Gasteiger partial charge in [-0.25, -0.2) is 0 Å². The van der Waals surface area contributed by atoms with Gasteiger partial charge in [0.05, 0.1) is 11.4 Å². The molecular weight excluding hydrogens is 617 g/mol. The lowest BCUT2D eigenvalue weighted by Crippen LogP contribution is -2.11. The van der Waals surface area contributed by atoms with Gasteiger partial charge in [0, 0.05) is 40.3 Å². The highest BCUT2D eigenvalue weighted by Gasteiger charge is 2.17. The quantitative estimate of drug-likeness (QED) is 0.158. The van der Waals surface area contributed by atoms with Gasteiger partial charge >= 0.3 is 0 Å². The maximum absolute atomic E-state index is 2.38. The summed E-state index contributed by atoms with van der Waals surface area (Å²) in [4.78, 5) is 4.70. The van der Waals surface area contributed by atoms with Crippen molar-refractivity contribution in [2.24, 2.45) is 0 Å². The van der Waals surface area contributed by atoms with E-state index in [2.05, 4.69) is 217 Å². The van der Waals surface area contributed by atoms with E-state index in [1.54, 1.807) is 0 Å². The maximum Gasteiger partial charge on any atom is 0.0567 e. The fraction of sp³-hybridized carbons (Fsp3) is 0.0204. The molecular formula is C49H36N2. The van der Waals surface area contributed by atoms with Crippen molar-refractivity contribution in [3.8, 4) is 22.3 Å². The Kier molecular flexibility index (Phi) is 7.75. The van der Waals surface area contributed by atoms with Gasteiger partial charge < -0.3 is 9.80 Å². The van der Waals surface area contributed by atoms with Crippen LogP contribution >= 0.6 is 0 Å². The monoisotopic (exact) mass is 652 g/mol. The molecule has 0 N–H and O–H groups in total. The van der Waals surface area contributed by atoms with Gasteiger partial charge in [0.1, 0.15) is 0 Å². The number of fused-ring (bicyclic) bond motifs is 3. The third kappa shape index (κ3) is 5.67. The zero-order valence-corrected chi connectivity index (χ0v) is 28.4. The molecule has 0 aromatic heterocycles. The lowest BCUT2D eigenvalue weighted by atomic mass is 9.99. The van der Waals surface area contributed by atoms with Crippen LogP contribution in [-0.2, 0) is 0 Å². The van der Waals surface area contributed by atoms with Crippen molar-refractivity contribution in [1.82, 2.24) is 0 Å². The molecule has 9 rings (SSSR count). The summed E-state index contributed by atoms with van der Waals surface area (Å²) in [7, 11) is 2.17. The van der Waals surface area contributed by atoms with Gasteiger partial charge in [0.25, 0.3) is 0 Å². The second-order valence-electron chi connectivity index (χ2n) is 13.1. The molecule has 0 saturated heterocycles. The van der Waals surface area contributed by atoms with E-state index in [0.29, 0.717) is 0 Å². The molecule has 0 radical (unpaired) electrons. The predicted molar refractivity (Wildman–Crippen MR) is 219 cm³/mol. The SMILES string of the molecule is CN(c1ccc(-c2ccc(N(c3cccc(-c4ccccc4)c3)c3cccc4ccccc34)cc2)cc1)c1c2ccccc2cc2ccccc12. The molecule has 2 heteroatoms. The Morgan fingerprint density at radius 1 is 0.314 bits per heavy atom. The lowest BCUT2D eigenvalue weighted by Gasteiger charge is -2.27. The molecule has 0 aliphatic carbocycles. The third-order valence-electron chi connectivity index (χ3n) is 10.0. The van der Waals surface area contributed by atoms with Crippen LogP contribution in [0, 0.1) is 0 Å². The van der Waals surface area contributed by atoms with Crippen LogP contribution in [0.5, 0.6) is 0 Å².